The van der Waals surface area contributed by atoms with Gasteiger partial charge in [0.1, 0.15) is 5.00 Å². The first-order valence-corrected chi connectivity index (χ1v) is 9.88. The van der Waals surface area contributed by atoms with E-state index < -0.39 is 5.97 Å². The van der Waals surface area contributed by atoms with Gasteiger partial charge in [-0.2, -0.15) is 0 Å². The number of carbonyl (C=O) groups is 2. The Labute approximate surface area is 153 Å². The van der Waals surface area contributed by atoms with Crippen molar-refractivity contribution < 1.29 is 14.3 Å². The lowest BCUT2D eigenvalue weighted by Crippen LogP contribution is -2.20. The lowest BCUT2D eigenvalue weighted by Gasteiger charge is -2.11. The molecule has 6 nitrogen and oxygen atoms in total. The summed E-state index contributed by atoms with van der Waals surface area (Å²) in [6.07, 6.45) is 4.10. The third-order valence-corrected chi connectivity index (χ3v) is 6.44. The Kier molecular flexibility index (Phi) is 5.39. The van der Waals surface area contributed by atoms with Crippen molar-refractivity contribution in [1.29, 1.82) is 0 Å². The minimum Gasteiger partial charge on any atom is -0.465 e. The van der Waals surface area contributed by atoms with Gasteiger partial charge in [-0.15, -0.1) is 11.3 Å². The highest BCUT2D eigenvalue weighted by Crippen LogP contribution is 2.38. The number of methoxy groups -OCH3 is 1. The Morgan fingerprint density at radius 2 is 2.08 bits per heavy atom. The highest BCUT2D eigenvalue weighted by atomic mass is 32.1. The summed E-state index contributed by atoms with van der Waals surface area (Å²) < 4.78 is 6.49. The van der Waals surface area contributed by atoms with E-state index in [9.17, 15) is 14.4 Å². The lowest BCUT2D eigenvalue weighted by atomic mass is 9.95. The summed E-state index contributed by atoms with van der Waals surface area (Å²) in [6, 6.07) is 0. The van der Waals surface area contributed by atoms with Crippen molar-refractivity contribution in [2.45, 2.75) is 45.6 Å². The normalized spacial score (nSPS) is 13.4. The Hall–Kier alpha value is -1.93. The molecule has 3 rings (SSSR count). The molecule has 25 heavy (non-hydrogen) atoms. The first kappa shape index (κ1) is 17.9. The molecule has 0 fully saturated rings. The molecule has 134 valence electrons. The molecule has 0 aromatic carbocycles. The fraction of sp³-hybridized carbons (Fsp3) is 0.471. The molecule has 1 aliphatic carbocycles. The van der Waals surface area contributed by atoms with Crippen molar-refractivity contribution in [3.8, 4) is 0 Å². The first-order chi connectivity index (χ1) is 12.0. The third-order valence-electron chi connectivity index (χ3n) is 4.35. The number of amides is 1. The van der Waals surface area contributed by atoms with Crippen molar-refractivity contribution in [3.05, 3.63) is 36.7 Å². The summed E-state index contributed by atoms with van der Waals surface area (Å²) in [7, 11) is 1.35. The number of esters is 1. The quantitative estimate of drug-likeness (QED) is 0.809. The maximum absolute atomic E-state index is 12.3. The monoisotopic (exact) mass is 380 g/mol. The number of aromatic nitrogens is 1. The van der Waals surface area contributed by atoms with E-state index in [1.165, 1.54) is 18.4 Å². The van der Waals surface area contributed by atoms with Gasteiger partial charge < -0.3 is 14.6 Å². The summed E-state index contributed by atoms with van der Waals surface area (Å²) in [4.78, 5) is 37.3. The molecule has 0 saturated heterocycles. The van der Waals surface area contributed by atoms with E-state index >= 15 is 0 Å². The Balaban J connectivity index is 1.76. The molecule has 0 bridgehead atoms. The maximum atomic E-state index is 12.3. The van der Waals surface area contributed by atoms with Gasteiger partial charge in [0, 0.05) is 28.9 Å². The molecule has 8 heteroatoms. The predicted octanol–water partition coefficient (Wildman–Crippen LogP) is 2.97. The molecule has 0 saturated carbocycles. The largest absolute Gasteiger partial charge is 0.465 e. The number of hydrogen-bond acceptors (Lipinski definition) is 6. The summed E-state index contributed by atoms with van der Waals surface area (Å²) in [5, 5.41) is 5.20. The van der Waals surface area contributed by atoms with E-state index in [1.807, 2.05) is 6.92 Å². The zero-order valence-electron chi connectivity index (χ0n) is 14.2. The van der Waals surface area contributed by atoms with Crippen LogP contribution in [0.2, 0.25) is 0 Å². The van der Waals surface area contributed by atoms with E-state index in [-0.39, 0.29) is 17.2 Å². The maximum Gasteiger partial charge on any atom is 0.341 e. The molecule has 0 aliphatic heterocycles. The average molecular weight is 380 g/mol. The van der Waals surface area contributed by atoms with Crippen LogP contribution in [-0.2, 0) is 28.9 Å². The van der Waals surface area contributed by atoms with E-state index in [0.29, 0.717) is 17.1 Å². The highest BCUT2D eigenvalue weighted by molar-refractivity contribution is 7.17. The topological polar surface area (TPSA) is 77.4 Å². The number of hydrogen-bond donors (Lipinski definition) is 1. The number of rotatable bonds is 5. The second-order valence-corrected chi connectivity index (χ2v) is 7.93. The van der Waals surface area contributed by atoms with Crippen LogP contribution < -0.4 is 10.2 Å². The van der Waals surface area contributed by atoms with Gasteiger partial charge in [0.25, 0.3) is 0 Å². The molecule has 2 aromatic heterocycles. The van der Waals surface area contributed by atoms with Crippen LogP contribution in [0.15, 0.2) is 10.2 Å². The molecule has 1 N–H and O–H groups in total. The Morgan fingerprint density at radius 1 is 1.32 bits per heavy atom. The first-order valence-electron chi connectivity index (χ1n) is 8.19. The van der Waals surface area contributed by atoms with Crippen LogP contribution in [0, 0.1) is 6.92 Å². The van der Waals surface area contributed by atoms with Gasteiger partial charge in [-0.25, -0.2) is 4.79 Å². The van der Waals surface area contributed by atoms with E-state index in [0.717, 1.165) is 53.2 Å². The summed E-state index contributed by atoms with van der Waals surface area (Å²) in [5.41, 5.74) is 2.37. The van der Waals surface area contributed by atoms with Crippen LogP contribution in [0.4, 0.5) is 5.00 Å². The number of thiazole rings is 1. The molecule has 0 radical (unpaired) electrons. The standard InChI is InChI=1S/C17H20N2O4S2/c1-10-9-24-17(22)19(10)8-7-13(20)18-15-14(16(21)23-2)11-5-3-4-6-12(11)25-15/h9H,3-8H2,1-2H3,(H,18,20). The van der Waals surface area contributed by atoms with Gasteiger partial charge in [0.2, 0.25) is 5.91 Å². The third kappa shape index (κ3) is 3.69. The fourth-order valence-corrected chi connectivity index (χ4v) is 5.10. The van der Waals surface area contributed by atoms with Crippen LogP contribution >= 0.6 is 22.7 Å². The van der Waals surface area contributed by atoms with Gasteiger partial charge >= 0.3 is 10.8 Å². The van der Waals surface area contributed by atoms with Crippen molar-refractivity contribution in [1.82, 2.24) is 4.57 Å². The molecule has 1 amide bonds. The minimum absolute atomic E-state index is 0.0628. The number of thiophene rings is 1. The molecule has 2 heterocycles. The number of aryl methyl sites for hydroxylation is 2. The van der Waals surface area contributed by atoms with Crippen molar-refractivity contribution in [3.63, 3.8) is 0 Å². The Morgan fingerprint density at radius 3 is 2.76 bits per heavy atom. The zero-order chi connectivity index (χ0) is 18.0. The number of fused-ring (bicyclic) bond motifs is 1. The van der Waals surface area contributed by atoms with Crippen LogP contribution in [0.3, 0.4) is 0 Å². The van der Waals surface area contributed by atoms with Gasteiger partial charge in [-0.1, -0.05) is 11.3 Å². The van der Waals surface area contributed by atoms with Gasteiger partial charge in [0.05, 0.1) is 12.7 Å². The molecule has 1 aliphatic rings. The SMILES string of the molecule is COC(=O)c1c(NC(=O)CCn2c(C)csc2=O)sc2c1CCCC2. The summed E-state index contributed by atoms with van der Waals surface area (Å²) >= 11 is 2.60. The second-order valence-electron chi connectivity index (χ2n) is 6.00. The van der Waals surface area contributed by atoms with Gasteiger partial charge in [0.15, 0.2) is 0 Å². The molecular formula is C17H20N2O4S2. The number of carbonyl (C=O) groups excluding carboxylic acids is 2. The molecule has 2 aromatic rings. The molecule has 0 unspecified atom stereocenters. The van der Waals surface area contributed by atoms with Gasteiger partial charge in [-0.05, 0) is 38.2 Å². The highest BCUT2D eigenvalue weighted by Gasteiger charge is 2.26. The Bertz CT molecular complexity index is 863. The summed E-state index contributed by atoms with van der Waals surface area (Å²) in [6.45, 7) is 2.18. The number of nitrogens with one attached hydrogen (secondary N) is 1. The number of anilines is 1. The summed E-state index contributed by atoms with van der Waals surface area (Å²) in [5.74, 6) is -0.610. The predicted molar refractivity (Wildman–Crippen MR) is 98.9 cm³/mol. The molecule has 0 atom stereocenters. The van der Waals surface area contributed by atoms with Gasteiger partial charge in [-0.3, -0.25) is 9.59 Å². The second kappa shape index (κ2) is 7.53. The number of nitrogens with zero attached hydrogens (tertiary/aromatic N) is 1. The lowest BCUT2D eigenvalue weighted by molar-refractivity contribution is -0.116. The molecule has 0 spiro atoms. The van der Waals surface area contributed by atoms with Crippen molar-refractivity contribution in [2.24, 2.45) is 0 Å². The van der Waals surface area contributed by atoms with Crippen LogP contribution in [0.25, 0.3) is 0 Å². The molecular weight excluding hydrogens is 360 g/mol. The number of ether oxygens (including phenoxy) is 1. The average Bonchev–Trinajstić information content (AvgIpc) is 3.12. The fourth-order valence-electron chi connectivity index (χ4n) is 3.05. The minimum atomic E-state index is -0.403. The van der Waals surface area contributed by atoms with E-state index in [1.54, 1.807) is 9.95 Å². The smallest absolute Gasteiger partial charge is 0.341 e. The van der Waals surface area contributed by atoms with Crippen molar-refractivity contribution >= 4 is 39.6 Å². The van der Waals surface area contributed by atoms with E-state index in [4.69, 9.17) is 4.74 Å². The van der Waals surface area contributed by atoms with Crippen molar-refractivity contribution in [2.75, 3.05) is 12.4 Å². The van der Waals surface area contributed by atoms with E-state index in [2.05, 4.69) is 5.32 Å². The van der Waals surface area contributed by atoms with Crippen LogP contribution in [-0.4, -0.2) is 23.6 Å². The van der Waals surface area contributed by atoms with Crippen LogP contribution in [0.1, 0.15) is 45.8 Å². The van der Waals surface area contributed by atoms with Crippen LogP contribution in [0.5, 0.6) is 0 Å². The zero-order valence-corrected chi connectivity index (χ0v) is 15.8.